The zero-order chi connectivity index (χ0) is 25.4. The third kappa shape index (κ3) is 7.29. The monoisotopic (exact) mass is 481 g/mol. The average Bonchev–Trinajstić information content (AvgIpc) is 3.13. The van der Waals surface area contributed by atoms with E-state index in [2.05, 4.69) is 29.6 Å². The van der Waals surface area contributed by atoms with Gasteiger partial charge < -0.3 is 25.0 Å². The first-order valence-corrected chi connectivity index (χ1v) is 12.0. The average molecular weight is 482 g/mol. The van der Waals surface area contributed by atoms with Crippen LogP contribution in [0.5, 0.6) is 0 Å². The molecular weight excluding hydrogens is 446 g/mol. The second-order valence-electron chi connectivity index (χ2n) is 9.36. The Bertz CT molecular complexity index is 993. The number of carboxylic acids is 1. The van der Waals surface area contributed by atoms with Crippen LogP contribution < -0.4 is 5.32 Å². The van der Waals surface area contributed by atoms with Crippen LogP contribution in [0.25, 0.3) is 11.1 Å². The standard InChI is InChI=1S/C27H35N3O5/c1-19(16-25(31)30(17-26(32)33)15-14-29(2)3)12-13-28-27(34)35-18-24-22-10-6-4-8-20(22)21-9-5-7-11-23(21)24/h4-11,19,24H,12-18H2,1-3H3,(H,28,34)(H,32,33). The number of benzene rings is 2. The van der Waals surface area contributed by atoms with E-state index in [-0.39, 0.29) is 37.3 Å². The number of carboxylic acid groups (broad SMARTS) is 1. The smallest absolute Gasteiger partial charge is 0.407 e. The van der Waals surface area contributed by atoms with Gasteiger partial charge in [0.2, 0.25) is 5.91 Å². The highest BCUT2D eigenvalue weighted by Gasteiger charge is 2.29. The van der Waals surface area contributed by atoms with E-state index in [1.165, 1.54) is 16.0 Å². The van der Waals surface area contributed by atoms with E-state index in [1.807, 2.05) is 50.2 Å². The molecule has 8 heteroatoms. The lowest BCUT2D eigenvalue weighted by molar-refractivity contribution is -0.145. The third-order valence-electron chi connectivity index (χ3n) is 6.27. The number of carbonyl (C=O) groups excluding carboxylic acids is 2. The molecule has 2 aromatic carbocycles. The molecule has 35 heavy (non-hydrogen) atoms. The van der Waals surface area contributed by atoms with Gasteiger partial charge in [0.05, 0.1) is 0 Å². The molecule has 0 saturated heterocycles. The molecule has 0 bridgehead atoms. The molecule has 2 aromatic rings. The first-order valence-electron chi connectivity index (χ1n) is 12.0. The lowest BCUT2D eigenvalue weighted by atomic mass is 9.98. The molecule has 1 aliphatic carbocycles. The van der Waals surface area contributed by atoms with Crippen molar-refractivity contribution in [2.45, 2.75) is 25.7 Å². The van der Waals surface area contributed by atoms with Crippen molar-refractivity contribution in [2.24, 2.45) is 5.92 Å². The fourth-order valence-electron chi connectivity index (χ4n) is 4.38. The molecule has 1 aliphatic rings. The molecule has 188 valence electrons. The number of rotatable bonds is 12. The van der Waals surface area contributed by atoms with Gasteiger partial charge in [0, 0.05) is 32.0 Å². The van der Waals surface area contributed by atoms with Gasteiger partial charge >= 0.3 is 12.1 Å². The van der Waals surface area contributed by atoms with Crippen LogP contribution >= 0.6 is 0 Å². The normalized spacial score (nSPS) is 13.1. The molecule has 2 N–H and O–H groups in total. The molecule has 1 atom stereocenters. The van der Waals surface area contributed by atoms with Crippen LogP contribution in [0.3, 0.4) is 0 Å². The van der Waals surface area contributed by atoms with E-state index in [1.54, 1.807) is 0 Å². The number of ether oxygens (including phenoxy) is 1. The summed E-state index contributed by atoms with van der Waals surface area (Å²) in [7, 11) is 3.75. The summed E-state index contributed by atoms with van der Waals surface area (Å²) < 4.78 is 5.54. The number of carbonyl (C=O) groups is 3. The lowest BCUT2D eigenvalue weighted by Crippen LogP contribution is -2.40. The molecule has 0 aliphatic heterocycles. The van der Waals surface area contributed by atoms with Crippen molar-refractivity contribution in [3.63, 3.8) is 0 Å². The minimum atomic E-state index is -1.03. The molecular formula is C27H35N3O5. The van der Waals surface area contributed by atoms with E-state index >= 15 is 0 Å². The quantitative estimate of drug-likeness (QED) is 0.482. The van der Waals surface area contributed by atoms with Gasteiger partial charge in [0.25, 0.3) is 0 Å². The molecule has 1 unspecified atom stereocenters. The summed E-state index contributed by atoms with van der Waals surface area (Å²) in [5.41, 5.74) is 4.68. The van der Waals surface area contributed by atoms with Crippen LogP contribution in [-0.4, -0.2) is 79.8 Å². The van der Waals surface area contributed by atoms with Crippen molar-refractivity contribution >= 4 is 18.0 Å². The first kappa shape index (κ1) is 26.2. The van der Waals surface area contributed by atoms with E-state index in [4.69, 9.17) is 9.84 Å². The summed E-state index contributed by atoms with van der Waals surface area (Å²) >= 11 is 0. The number of alkyl carbamates (subject to hydrolysis) is 1. The van der Waals surface area contributed by atoms with Gasteiger partial charge in [0.15, 0.2) is 0 Å². The summed E-state index contributed by atoms with van der Waals surface area (Å²) in [6, 6.07) is 16.4. The third-order valence-corrected chi connectivity index (χ3v) is 6.27. The highest BCUT2D eigenvalue weighted by Crippen LogP contribution is 2.44. The van der Waals surface area contributed by atoms with Gasteiger partial charge in [-0.3, -0.25) is 9.59 Å². The SMILES string of the molecule is CC(CCNC(=O)OCC1c2ccccc2-c2ccccc21)CC(=O)N(CCN(C)C)CC(=O)O. The summed E-state index contributed by atoms with van der Waals surface area (Å²) in [6.45, 7) is 3.20. The van der Waals surface area contributed by atoms with Crippen LogP contribution in [0, 0.1) is 5.92 Å². The Kier molecular flexibility index (Phi) is 9.25. The summed E-state index contributed by atoms with van der Waals surface area (Å²) in [6.07, 6.45) is 0.335. The fraction of sp³-hybridized carbons (Fsp3) is 0.444. The Labute approximate surface area is 206 Å². The van der Waals surface area contributed by atoms with Crippen molar-refractivity contribution in [3.05, 3.63) is 59.7 Å². The van der Waals surface area contributed by atoms with Crippen LogP contribution in [-0.2, 0) is 14.3 Å². The summed E-state index contributed by atoms with van der Waals surface area (Å²) in [4.78, 5) is 39.3. The van der Waals surface area contributed by atoms with Gasteiger partial charge in [-0.05, 0) is 48.7 Å². The molecule has 0 heterocycles. The number of fused-ring (bicyclic) bond motifs is 3. The molecule has 2 amide bonds. The highest BCUT2D eigenvalue weighted by atomic mass is 16.5. The number of likely N-dealkylation sites (N-methyl/N-ethyl adjacent to an activating group) is 1. The van der Waals surface area contributed by atoms with Gasteiger partial charge in [-0.15, -0.1) is 0 Å². The number of aliphatic carboxylic acids is 1. The first-order chi connectivity index (χ1) is 16.8. The topological polar surface area (TPSA) is 99.2 Å². The van der Waals surface area contributed by atoms with Crippen molar-refractivity contribution in [1.29, 1.82) is 0 Å². The largest absolute Gasteiger partial charge is 0.480 e. The van der Waals surface area contributed by atoms with Crippen LogP contribution in [0.15, 0.2) is 48.5 Å². The molecule has 0 radical (unpaired) electrons. The Hall–Kier alpha value is -3.39. The van der Waals surface area contributed by atoms with Gasteiger partial charge in [0.1, 0.15) is 13.2 Å². The second kappa shape index (κ2) is 12.4. The molecule has 0 fully saturated rings. The maximum Gasteiger partial charge on any atom is 0.407 e. The predicted octanol–water partition coefficient (Wildman–Crippen LogP) is 3.42. The van der Waals surface area contributed by atoms with E-state index in [0.29, 0.717) is 26.1 Å². The highest BCUT2D eigenvalue weighted by molar-refractivity contribution is 5.81. The molecule has 0 saturated carbocycles. The van der Waals surface area contributed by atoms with Crippen molar-refractivity contribution < 1.29 is 24.2 Å². The van der Waals surface area contributed by atoms with Crippen LogP contribution in [0.2, 0.25) is 0 Å². The number of hydrogen-bond acceptors (Lipinski definition) is 5. The number of nitrogens with zero attached hydrogens (tertiary/aromatic N) is 2. The molecule has 0 aromatic heterocycles. The van der Waals surface area contributed by atoms with Crippen molar-refractivity contribution in [1.82, 2.24) is 15.1 Å². The Morgan fingerprint density at radius 2 is 1.60 bits per heavy atom. The lowest BCUT2D eigenvalue weighted by Gasteiger charge is -2.24. The maximum atomic E-state index is 12.6. The fourth-order valence-corrected chi connectivity index (χ4v) is 4.38. The Balaban J connectivity index is 1.43. The van der Waals surface area contributed by atoms with Gasteiger partial charge in [-0.25, -0.2) is 4.79 Å². The predicted molar refractivity (Wildman–Crippen MR) is 134 cm³/mol. The van der Waals surface area contributed by atoms with Crippen LogP contribution in [0.1, 0.15) is 36.8 Å². The second-order valence-corrected chi connectivity index (χ2v) is 9.36. The zero-order valence-electron chi connectivity index (χ0n) is 20.7. The Morgan fingerprint density at radius 1 is 1.00 bits per heavy atom. The van der Waals surface area contributed by atoms with E-state index in [0.717, 1.165) is 11.1 Å². The molecule has 3 rings (SSSR count). The van der Waals surface area contributed by atoms with Crippen LogP contribution in [0.4, 0.5) is 4.79 Å². The minimum Gasteiger partial charge on any atom is -0.480 e. The summed E-state index contributed by atoms with van der Waals surface area (Å²) in [5, 5.41) is 11.9. The number of nitrogens with one attached hydrogen (secondary N) is 1. The maximum absolute atomic E-state index is 12.6. The Morgan fingerprint density at radius 3 is 2.17 bits per heavy atom. The molecule has 8 nitrogen and oxygen atoms in total. The van der Waals surface area contributed by atoms with Crippen molar-refractivity contribution in [2.75, 3.05) is 46.9 Å². The zero-order valence-corrected chi connectivity index (χ0v) is 20.7. The molecule has 0 spiro atoms. The van der Waals surface area contributed by atoms with Gasteiger partial charge in [-0.1, -0.05) is 55.5 Å². The summed E-state index contributed by atoms with van der Waals surface area (Å²) in [5.74, 6) is -1.22. The van der Waals surface area contributed by atoms with Gasteiger partial charge in [-0.2, -0.15) is 0 Å². The minimum absolute atomic E-state index is 0.00655. The number of amides is 2. The van der Waals surface area contributed by atoms with E-state index < -0.39 is 12.1 Å². The van der Waals surface area contributed by atoms with E-state index in [9.17, 15) is 14.4 Å². The number of hydrogen-bond donors (Lipinski definition) is 2. The van der Waals surface area contributed by atoms with Crippen molar-refractivity contribution in [3.8, 4) is 11.1 Å².